The van der Waals surface area contributed by atoms with E-state index in [0.717, 1.165) is 10.1 Å². The Kier molecular flexibility index (Phi) is 5.13. The third-order valence-corrected chi connectivity index (χ3v) is 6.62. The van der Waals surface area contributed by atoms with Crippen LogP contribution in [0.5, 0.6) is 5.75 Å². The van der Waals surface area contributed by atoms with Crippen molar-refractivity contribution in [3.63, 3.8) is 0 Å². The predicted molar refractivity (Wildman–Crippen MR) is 125 cm³/mol. The number of fused-ring (bicyclic) bond motifs is 2. The van der Waals surface area contributed by atoms with Crippen LogP contribution in [0.2, 0.25) is 0 Å². The zero-order valence-electron chi connectivity index (χ0n) is 18.0. The molecule has 3 heterocycles. The largest absolute Gasteiger partial charge is 0.490 e. The quantitative estimate of drug-likeness (QED) is 0.465. The molecular weight excluding hydrogens is 445 g/mol. The van der Waals surface area contributed by atoms with E-state index < -0.39 is 17.1 Å². The number of hydrogen-bond donors (Lipinski definition) is 0. The van der Waals surface area contributed by atoms with Crippen molar-refractivity contribution < 1.29 is 13.9 Å². The lowest BCUT2D eigenvalue weighted by Crippen LogP contribution is -2.44. The van der Waals surface area contributed by atoms with E-state index in [2.05, 4.69) is 0 Å². The summed E-state index contributed by atoms with van der Waals surface area (Å²) < 4.78 is 22.1. The SMILES string of the molecule is Cc1ccc2c(c1)N(C(=O)Cn1c(=O)n(-c3ccc(F)c(C)c3)c(=O)c3sccc31)CCO2. The standard InChI is InChI=1S/C24H20FN3O4S/c1-14-3-6-20-19(11-14)26(8-9-32-20)21(29)13-27-18-7-10-33-22(18)23(30)28(24(27)31)16-4-5-17(25)15(2)12-16/h3-7,10-12H,8-9,13H2,1-2H3. The molecule has 0 unspecified atom stereocenters. The first-order chi connectivity index (χ1) is 15.8. The third-order valence-electron chi connectivity index (χ3n) is 5.73. The second-order valence-electron chi connectivity index (χ2n) is 7.94. The van der Waals surface area contributed by atoms with Gasteiger partial charge in [-0.15, -0.1) is 11.3 Å². The summed E-state index contributed by atoms with van der Waals surface area (Å²) in [7, 11) is 0. The predicted octanol–water partition coefficient (Wildman–Crippen LogP) is 3.40. The van der Waals surface area contributed by atoms with Gasteiger partial charge in [-0.25, -0.2) is 13.8 Å². The van der Waals surface area contributed by atoms with E-state index in [4.69, 9.17) is 4.74 Å². The smallest absolute Gasteiger partial charge is 0.336 e. The molecule has 7 nitrogen and oxygen atoms in total. The first-order valence-electron chi connectivity index (χ1n) is 10.4. The second kappa shape index (κ2) is 8.00. The normalized spacial score (nSPS) is 13.1. The maximum Gasteiger partial charge on any atom is 0.336 e. The number of halogens is 1. The zero-order chi connectivity index (χ0) is 23.3. The molecule has 5 rings (SSSR count). The van der Waals surface area contributed by atoms with Gasteiger partial charge in [-0.1, -0.05) is 6.07 Å². The van der Waals surface area contributed by atoms with E-state index in [9.17, 15) is 18.8 Å². The molecule has 0 atom stereocenters. The van der Waals surface area contributed by atoms with Crippen LogP contribution in [0.3, 0.4) is 0 Å². The van der Waals surface area contributed by atoms with Crippen LogP contribution in [0.15, 0.2) is 57.4 Å². The molecule has 2 aromatic carbocycles. The number of ether oxygens (including phenoxy) is 1. The Bertz CT molecular complexity index is 1540. The van der Waals surface area contributed by atoms with Gasteiger partial charge in [0.25, 0.3) is 5.56 Å². The fourth-order valence-corrected chi connectivity index (χ4v) is 4.87. The summed E-state index contributed by atoms with van der Waals surface area (Å²) >= 11 is 1.19. The summed E-state index contributed by atoms with van der Waals surface area (Å²) in [4.78, 5) is 41.5. The Morgan fingerprint density at radius 3 is 2.73 bits per heavy atom. The van der Waals surface area contributed by atoms with Crippen molar-refractivity contribution in [2.45, 2.75) is 20.4 Å². The van der Waals surface area contributed by atoms with Crippen LogP contribution in [0.4, 0.5) is 10.1 Å². The second-order valence-corrected chi connectivity index (χ2v) is 8.86. The Balaban J connectivity index is 1.63. The Morgan fingerprint density at radius 1 is 1.12 bits per heavy atom. The topological polar surface area (TPSA) is 73.5 Å². The third kappa shape index (κ3) is 3.54. The van der Waals surface area contributed by atoms with E-state index in [1.54, 1.807) is 23.3 Å². The average molecular weight is 466 g/mol. The summed E-state index contributed by atoms with van der Waals surface area (Å²) in [5.41, 5.74) is 1.46. The fraction of sp³-hybridized carbons (Fsp3) is 0.208. The highest BCUT2D eigenvalue weighted by atomic mass is 32.1. The highest BCUT2D eigenvalue weighted by Crippen LogP contribution is 2.32. The molecule has 2 aromatic heterocycles. The number of carbonyl (C=O) groups is 1. The van der Waals surface area contributed by atoms with Crippen molar-refractivity contribution >= 4 is 33.1 Å². The molecule has 0 N–H and O–H groups in total. The number of anilines is 1. The van der Waals surface area contributed by atoms with Gasteiger partial charge in [0.1, 0.15) is 29.4 Å². The van der Waals surface area contributed by atoms with E-state index in [-0.39, 0.29) is 18.1 Å². The molecule has 0 spiro atoms. The number of rotatable bonds is 3. The van der Waals surface area contributed by atoms with Crippen LogP contribution in [0.1, 0.15) is 11.1 Å². The van der Waals surface area contributed by atoms with Gasteiger partial charge in [-0.05, 0) is 66.8 Å². The van der Waals surface area contributed by atoms with Gasteiger partial charge in [-0.2, -0.15) is 0 Å². The molecule has 1 amide bonds. The van der Waals surface area contributed by atoms with Crippen LogP contribution in [-0.4, -0.2) is 28.2 Å². The van der Waals surface area contributed by atoms with Crippen LogP contribution in [-0.2, 0) is 11.3 Å². The van der Waals surface area contributed by atoms with Crippen LogP contribution in [0, 0.1) is 19.7 Å². The minimum atomic E-state index is -0.650. The molecule has 0 fully saturated rings. The van der Waals surface area contributed by atoms with Gasteiger partial charge in [0, 0.05) is 0 Å². The number of hydrogen-bond acceptors (Lipinski definition) is 5. The summed E-state index contributed by atoms with van der Waals surface area (Å²) in [6.45, 7) is 3.94. The molecule has 0 radical (unpaired) electrons. The van der Waals surface area contributed by atoms with Crippen LogP contribution in [0.25, 0.3) is 15.9 Å². The Morgan fingerprint density at radius 2 is 1.94 bits per heavy atom. The van der Waals surface area contributed by atoms with Gasteiger partial charge in [-0.3, -0.25) is 14.2 Å². The monoisotopic (exact) mass is 465 g/mol. The highest BCUT2D eigenvalue weighted by molar-refractivity contribution is 7.17. The van der Waals surface area contributed by atoms with Crippen LogP contribution < -0.4 is 20.9 Å². The summed E-state index contributed by atoms with van der Waals surface area (Å²) in [6.07, 6.45) is 0. The number of aromatic nitrogens is 2. The van der Waals surface area contributed by atoms with E-state index in [1.807, 2.05) is 25.1 Å². The molecular formula is C24H20FN3O4S. The average Bonchev–Trinajstić information content (AvgIpc) is 3.28. The van der Waals surface area contributed by atoms with Gasteiger partial charge in [0.15, 0.2) is 0 Å². The number of benzene rings is 2. The van der Waals surface area contributed by atoms with Crippen molar-refractivity contribution in [2.24, 2.45) is 0 Å². The maximum atomic E-state index is 13.8. The van der Waals surface area contributed by atoms with E-state index in [0.29, 0.717) is 40.4 Å². The van der Waals surface area contributed by atoms with Crippen LogP contribution >= 0.6 is 11.3 Å². The molecule has 33 heavy (non-hydrogen) atoms. The Labute approximate surface area is 191 Å². The molecule has 1 aliphatic rings. The number of thiophene rings is 1. The molecule has 1 aliphatic heterocycles. The molecule has 0 bridgehead atoms. The van der Waals surface area contributed by atoms with Crippen molar-refractivity contribution in [1.82, 2.24) is 9.13 Å². The van der Waals surface area contributed by atoms with Crippen molar-refractivity contribution in [2.75, 3.05) is 18.1 Å². The lowest BCUT2D eigenvalue weighted by Gasteiger charge is -2.30. The van der Waals surface area contributed by atoms with Crippen molar-refractivity contribution in [1.29, 1.82) is 0 Å². The summed E-state index contributed by atoms with van der Waals surface area (Å²) in [6, 6.07) is 11.3. The lowest BCUT2D eigenvalue weighted by molar-refractivity contribution is -0.119. The van der Waals surface area contributed by atoms with E-state index in [1.165, 1.54) is 34.1 Å². The van der Waals surface area contributed by atoms with E-state index >= 15 is 0 Å². The number of nitrogens with zero attached hydrogens (tertiary/aromatic N) is 3. The minimum Gasteiger partial charge on any atom is -0.490 e. The molecule has 9 heteroatoms. The summed E-state index contributed by atoms with van der Waals surface area (Å²) in [5, 5.41) is 1.71. The van der Waals surface area contributed by atoms with Crippen molar-refractivity contribution in [3.05, 3.63) is 85.6 Å². The molecule has 0 saturated heterocycles. The number of carbonyl (C=O) groups excluding carboxylic acids is 1. The lowest BCUT2D eigenvalue weighted by atomic mass is 10.1. The first-order valence-corrected chi connectivity index (χ1v) is 11.3. The zero-order valence-corrected chi connectivity index (χ0v) is 18.8. The molecule has 168 valence electrons. The molecule has 4 aromatic rings. The Hall–Kier alpha value is -3.72. The molecule has 0 saturated carbocycles. The van der Waals surface area contributed by atoms with Gasteiger partial charge >= 0.3 is 5.69 Å². The minimum absolute atomic E-state index is 0.250. The molecule has 0 aliphatic carbocycles. The number of aryl methyl sites for hydroxylation is 2. The maximum absolute atomic E-state index is 13.8. The first kappa shape index (κ1) is 21.1. The number of amides is 1. The van der Waals surface area contributed by atoms with Gasteiger partial charge < -0.3 is 9.64 Å². The highest BCUT2D eigenvalue weighted by Gasteiger charge is 2.26. The van der Waals surface area contributed by atoms with Gasteiger partial charge in [0.2, 0.25) is 5.91 Å². The van der Waals surface area contributed by atoms with Crippen molar-refractivity contribution in [3.8, 4) is 11.4 Å². The van der Waals surface area contributed by atoms with Gasteiger partial charge in [0.05, 0.1) is 23.4 Å². The summed E-state index contributed by atoms with van der Waals surface area (Å²) in [5.74, 6) is -0.110. The fourth-order valence-electron chi connectivity index (χ4n) is 4.04.